The predicted octanol–water partition coefficient (Wildman–Crippen LogP) is 1.47. The van der Waals surface area contributed by atoms with Gasteiger partial charge < -0.3 is 0 Å². The van der Waals surface area contributed by atoms with E-state index in [-0.39, 0.29) is 5.91 Å². The van der Waals surface area contributed by atoms with Crippen molar-refractivity contribution in [2.75, 3.05) is 5.75 Å². The lowest BCUT2D eigenvalue weighted by molar-refractivity contribution is -0.305. The van der Waals surface area contributed by atoms with Crippen LogP contribution in [0.1, 0.15) is 32.1 Å². The lowest BCUT2D eigenvalue weighted by Crippen LogP contribution is -2.56. The SMILES string of the molecule is [NH3+]C(=O)CCCCC1CCSS1. The molecule has 0 bridgehead atoms. The Morgan fingerprint density at radius 3 is 2.92 bits per heavy atom. The van der Waals surface area contributed by atoms with Gasteiger partial charge in [0.15, 0.2) is 0 Å². The summed E-state index contributed by atoms with van der Waals surface area (Å²) in [4.78, 5) is 10.5. The number of carbonyl (C=O) groups excluding carboxylic acids is 1. The van der Waals surface area contributed by atoms with Gasteiger partial charge in [0.2, 0.25) is 0 Å². The van der Waals surface area contributed by atoms with Crippen LogP contribution in [0.15, 0.2) is 0 Å². The lowest BCUT2D eigenvalue weighted by Gasteiger charge is -2.04. The van der Waals surface area contributed by atoms with E-state index in [1.165, 1.54) is 25.0 Å². The smallest absolute Gasteiger partial charge is 0.295 e. The summed E-state index contributed by atoms with van der Waals surface area (Å²) in [7, 11) is 4.00. The molecule has 0 aromatic carbocycles. The summed E-state index contributed by atoms with van der Waals surface area (Å²) in [5.41, 5.74) is 3.36. The molecule has 0 radical (unpaired) electrons. The van der Waals surface area contributed by atoms with Crippen molar-refractivity contribution in [3.63, 3.8) is 0 Å². The van der Waals surface area contributed by atoms with Gasteiger partial charge in [-0.1, -0.05) is 28.0 Å². The van der Waals surface area contributed by atoms with Crippen molar-refractivity contribution < 1.29 is 10.5 Å². The largest absolute Gasteiger partial charge is 0.308 e. The summed E-state index contributed by atoms with van der Waals surface area (Å²) in [6, 6.07) is 0. The molecule has 0 saturated carbocycles. The molecule has 0 aromatic rings. The maximum absolute atomic E-state index is 10.5. The monoisotopic (exact) mass is 206 g/mol. The molecule has 1 saturated heterocycles. The van der Waals surface area contributed by atoms with E-state index in [2.05, 4.69) is 5.73 Å². The number of hydrogen-bond donors (Lipinski definition) is 1. The molecule has 70 valence electrons. The van der Waals surface area contributed by atoms with Gasteiger partial charge in [0.05, 0.1) is 6.42 Å². The molecule has 3 N–H and O–H groups in total. The molecule has 0 aliphatic carbocycles. The van der Waals surface area contributed by atoms with E-state index in [1.54, 1.807) is 0 Å². The van der Waals surface area contributed by atoms with Crippen LogP contribution in [-0.2, 0) is 4.79 Å². The molecule has 0 aromatic heterocycles. The maximum atomic E-state index is 10.5. The fourth-order valence-corrected chi connectivity index (χ4v) is 4.29. The fourth-order valence-electron chi connectivity index (χ4n) is 1.26. The first-order valence-electron chi connectivity index (χ1n) is 4.42. The molecule has 2 nitrogen and oxygen atoms in total. The van der Waals surface area contributed by atoms with Crippen LogP contribution in [0.2, 0.25) is 0 Å². The molecule has 1 aliphatic rings. The summed E-state index contributed by atoms with van der Waals surface area (Å²) in [6.07, 6.45) is 5.53. The highest BCUT2D eigenvalue weighted by Crippen LogP contribution is 2.39. The fraction of sp³-hybridized carbons (Fsp3) is 0.875. The second-order valence-corrected chi connectivity index (χ2v) is 5.90. The highest BCUT2D eigenvalue weighted by atomic mass is 33.1. The van der Waals surface area contributed by atoms with E-state index in [0.717, 1.165) is 11.7 Å². The number of hydrogen-bond acceptors (Lipinski definition) is 3. The third kappa shape index (κ3) is 4.38. The van der Waals surface area contributed by atoms with Gasteiger partial charge in [-0.2, -0.15) is 0 Å². The molecule has 0 spiro atoms. The first-order valence-corrected chi connectivity index (χ1v) is 6.80. The Kier molecular flexibility index (Phi) is 5.11. The Bertz CT molecular complexity index is 146. The Morgan fingerprint density at radius 1 is 1.50 bits per heavy atom. The Balaban J connectivity index is 1.91. The lowest BCUT2D eigenvalue weighted by atomic mass is 10.1. The summed E-state index contributed by atoms with van der Waals surface area (Å²) in [6.45, 7) is 0. The minimum atomic E-state index is 0.0865. The second-order valence-electron chi connectivity index (χ2n) is 3.11. The van der Waals surface area contributed by atoms with Crippen molar-refractivity contribution in [2.24, 2.45) is 0 Å². The molecule has 4 heteroatoms. The van der Waals surface area contributed by atoms with Gasteiger partial charge in [0, 0.05) is 11.0 Å². The maximum Gasteiger partial charge on any atom is 0.308 e. The van der Waals surface area contributed by atoms with Gasteiger partial charge in [-0.25, -0.2) is 4.79 Å². The van der Waals surface area contributed by atoms with Crippen molar-refractivity contribution >= 4 is 27.5 Å². The van der Waals surface area contributed by atoms with Crippen LogP contribution in [0.25, 0.3) is 0 Å². The zero-order chi connectivity index (χ0) is 8.81. The van der Waals surface area contributed by atoms with Gasteiger partial charge in [-0.05, 0) is 19.3 Å². The number of carbonyl (C=O) groups is 1. The zero-order valence-corrected chi connectivity index (χ0v) is 8.88. The summed E-state index contributed by atoms with van der Waals surface area (Å²) >= 11 is 0. The first kappa shape index (κ1) is 10.4. The van der Waals surface area contributed by atoms with E-state index >= 15 is 0 Å². The number of quaternary nitrogens is 1. The van der Waals surface area contributed by atoms with Crippen LogP contribution in [-0.4, -0.2) is 16.9 Å². The molecule has 1 amide bonds. The van der Waals surface area contributed by atoms with Crippen LogP contribution in [0.3, 0.4) is 0 Å². The summed E-state index contributed by atoms with van der Waals surface area (Å²) < 4.78 is 0. The van der Waals surface area contributed by atoms with Crippen LogP contribution in [0.4, 0.5) is 0 Å². The molecule has 1 rings (SSSR count). The summed E-state index contributed by atoms with van der Waals surface area (Å²) in [5, 5.41) is 0.856. The van der Waals surface area contributed by atoms with Crippen molar-refractivity contribution in [1.82, 2.24) is 0 Å². The van der Waals surface area contributed by atoms with E-state index in [0.29, 0.717) is 6.42 Å². The van der Waals surface area contributed by atoms with E-state index in [4.69, 9.17) is 0 Å². The van der Waals surface area contributed by atoms with E-state index in [9.17, 15) is 4.79 Å². The molecule has 1 atom stereocenters. The molecule has 1 heterocycles. The highest BCUT2D eigenvalue weighted by Gasteiger charge is 2.15. The third-order valence-corrected chi connectivity index (χ3v) is 4.97. The molecule has 12 heavy (non-hydrogen) atoms. The third-order valence-electron chi connectivity index (χ3n) is 1.96. The molecular formula is C8H16NOS2+. The normalized spacial score (nSPS) is 22.9. The molecule has 1 aliphatic heterocycles. The number of rotatable bonds is 5. The van der Waals surface area contributed by atoms with Crippen molar-refractivity contribution in [2.45, 2.75) is 37.4 Å². The zero-order valence-electron chi connectivity index (χ0n) is 7.25. The standard InChI is InChI=1S/C8H15NOS2/c9-8(10)4-2-1-3-7-5-6-11-12-7/h7H,1-6H2,(H2,9,10)/p+1. The number of unbranched alkanes of at least 4 members (excludes halogenated alkanes) is 1. The van der Waals surface area contributed by atoms with E-state index < -0.39 is 0 Å². The van der Waals surface area contributed by atoms with Crippen LogP contribution in [0.5, 0.6) is 0 Å². The van der Waals surface area contributed by atoms with Crippen molar-refractivity contribution in [1.29, 1.82) is 0 Å². The quantitative estimate of drug-likeness (QED) is 0.547. The average molecular weight is 206 g/mol. The van der Waals surface area contributed by atoms with E-state index in [1.807, 2.05) is 21.6 Å². The topological polar surface area (TPSA) is 44.7 Å². The number of amides is 1. The van der Waals surface area contributed by atoms with Gasteiger partial charge in [0.1, 0.15) is 0 Å². The van der Waals surface area contributed by atoms with Crippen LogP contribution in [0, 0.1) is 0 Å². The Morgan fingerprint density at radius 2 is 2.33 bits per heavy atom. The second kappa shape index (κ2) is 5.89. The van der Waals surface area contributed by atoms with Gasteiger partial charge in [-0.3, -0.25) is 5.73 Å². The van der Waals surface area contributed by atoms with Crippen LogP contribution >= 0.6 is 21.6 Å². The van der Waals surface area contributed by atoms with Crippen LogP contribution < -0.4 is 5.73 Å². The molecule has 1 fully saturated rings. The average Bonchev–Trinajstić information content (AvgIpc) is 2.49. The Hall–Kier alpha value is 0.330. The summed E-state index contributed by atoms with van der Waals surface area (Å²) in [5.74, 6) is 1.40. The van der Waals surface area contributed by atoms with Gasteiger partial charge in [-0.15, -0.1) is 0 Å². The van der Waals surface area contributed by atoms with Crippen molar-refractivity contribution in [3.05, 3.63) is 0 Å². The first-order chi connectivity index (χ1) is 5.79. The minimum Gasteiger partial charge on any atom is -0.295 e. The predicted molar refractivity (Wildman–Crippen MR) is 54.8 cm³/mol. The van der Waals surface area contributed by atoms with Gasteiger partial charge in [0.25, 0.3) is 0 Å². The highest BCUT2D eigenvalue weighted by molar-refractivity contribution is 8.77. The molecular weight excluding hydrogens is 190 g/mol. The molecule has 1 unspecified atom stereocenters. The Labute approximate surface area is 81.4 Å². The van der Waals surface area contributed by atoms with Gasteiger partial charge >= 0.3 is 5.91 Å². The van der Waals surface area contributed by atoms with Crippen molar-refractivity contribution in [3.8, 4) is 0 Å². The minimum absolute atomic E-state index is 0.0865.